The minimum absolute atomic E-state index is 0.0225. The van der Waals surface area contributed by atoms with Crippen LogP contribution in [0.3, 0.4) is 0 Å². The van der Waals surface area contributed by atoms with Crippen LogP contribution in [0, 0.1) is 0 Å². The Morgan fingerprint density at radius 1 is 1.24 bits per heavy atom. The van der Waals surface area contributed by atoms with Crippen LogP contribution in [0.15, 0.2) is 46.5 Å². The Labute approximate surface area is 197 Å². The number of nitrogens with zero attached hydrogens (tertiary/aromatic N) is 2. The highest BCUT2D eigenvalue weighted by atomic mass is 32.2. The summed E-state index contributed by atoms with van der Waals surface area (Å²) in [4.78, 5) is 32.4. The van der Waals surface area contributed by atoms with Crippen molar-refractivity contribution in [3.8, 4) is 11.4 Å². The van der Waals surface area contributed by atoms with Crippen LogP contribution in [0.2, 0.25) is 0 Å². The molecule has 0 atom stereocenters. The zero-order valence-corrected chi connectivity index (χ0v) is 19.4. The van der Waals surface area contributed by atoms with E-state index in [0.717, 1.165) is 0 Å². The minimum atomic E-state index is -4.45. The number of nitrogens with one attached hydrogen (secondary N) is 2. The van der Waals surface area contributed by atoms with Crippen molar-refractivity contribution < 1.29 is 27.8 Å². The van der Waals surface area contributed by atoms with E-state index in [1.54, 1.807) is 26.1 Å². The Hall–Kier alpha value is -2.99. The molecule has 0 aliphatic carbocycles. The van der Waals surface area contributed by atoms with Crippen LogP contribution < -0.4 is 15.6 Å². The average Bonchev–Trinajstić information content (AvgIpc) is 3.22. The number of H-pyrrole nitrogens is 1. The monoisotopic (exact) mass is 498 g/mol. The van der Waals surface area contributed by atoms with Crippen molar-refractivity contribution in [1.29, 1.82) is 0 Å². The van der Waals surface area contributed by atoms with Gasteiger partial charge in [-0.3, -0.25) is 14.2 Å². The third-order valence-electron chi connectivity index (χ3n) is 4.54. The number of amides is 1. The van der Waals surface area contributed by atoms with Gasteiger partial charge in [0.25, 0.3) is 5.56 Å². The maximum absolute atomic E-state index is 13.1. The zero-order chi connectivity index (χ0) is 24.9. The lowest BCUT2D eigenvalue weighted by Gasteiger charge is -2.17. The van der Waals surface area contributed by atoms with Gasteiger partial charge in [0, 0.05) is 24.9 Å². The number of alkyl halides is 3. The predicted octanol–water partition coefficient (Wildman–Crippen LogP) is 3.41. The van der Waals surface area contributed by atoms with Crippen molar-refractivity contribution in [2.45, 2.75) is 43.6 Å². The van der Waals surface area contributed by atoms with Gasteiger partial charge in [-0.2, -0.15) is 13.2 Å². The van der Waals surface area contributed by atoms with Crippen LogP contribution in [0.4, 0.5) is 13.2 Å². The smallest absolute Gasteiger partial charge is 0.422 e. The summed E-state index contributed by atoms with van der Waals surface area (Å²) in [7, 11) is 0. The number of carbonyl (C=O) groups excluding carboxylic acids is 1. The number of aromatic amines is 1. The molecule has 2 heterocycles. The molecule has 0 spiro atoms. The van der Waals surface area contributed by atoms with E-state index in [0.29, 0.717) is 34.1 Å². The molecule has 34 heavy (non-hydrogen) atoms. The molecule has 184 valence electrons. The van der Waals surface area contributed by atoms with E-state index >= 15 is 0 Å². The van der Waals surface area contributed by atoms with Crippen molar-refractivity contribution >= 4 is 28.7 Å². The molecule has 0 aliphatic heterocycles. The standard InChI is InChI=1S/C22H25F3N4O4S/c1-21(2,32)12-27-17(30)4-3-11-34-20-28-16-9-10-26-18(16)19(31)29(20)14-5-7-15(8-6-14)33-13-22(23,24)25/h5-10,26,32H,3-4,11-13H2,1-2H3,(H,27,30). The van der Waals surface area contributed by atoms with Crippen molar-refractivity contribution in [2.75, 3.05) is 18.9 Å². The Morgan fingerprint density at radius 2 is 1.94 bits per heavy atom. The second kappa shape index (κ2) is 10.5. The summed E-state index contributed by atoms with van der Waals surface area (Å²) < 4.78 is 43.2. The molecule has 2 aromatic heterocycles. The summed E-state index contributed by atoms with van der Waals surface area (Å²) in [5, 5.41) is 12.7. The summed E-state index contributed by atoms with van der Waals surface area (Å²) in [6.07, 6.45) is -2.11. The number of fused-ring (bicyclic) bond motifs is 1. The topological polar surface area (TPSA) is 109 Å². The highest BCUT2D eigenvalue weighted by molar-refractivity contribution is 7.99. The first-order valence-electron chi connectivity index (χ1n) is 10.4. The molecule has 0 fully saturated rings. The van der Waals surface area contributed by atoms with E-state index in [9.17, 15) is 27.9 Å². The quantitative estimate of drug-likeness (QED) is 0.225. The number of carbonyl (C=O) groups is 1. The number of rotatable bonds is 10. The lowest BCUT2D eigenvalue weighted by atomic mass is 10.1. The first-order chi connectivity index (χ1) is 15.9. The summed E-state index contributed by atoms with van der Waals surface area (Å²) in [5.41, 5.74) is -0.156. The normalized spacial score (nSPS) is 12.2. The number of aliphatic hydroxyl groups is 1. The van der Waals surface area contributed by atoms with Crippen molar-refractivity contribution in [1.82, 2.24) is 19.9 Å². The van der Waals surface area contributed by atoms with Crippen molar-refractivity contribution in [3.63, 3.8) is 0 Å². The van der Waals surface area contributed by atoms with E-state index in [1.807, 2.05) is 0 Å². The summed E-state index contributed by atoms with van der Waals surface area (Å²) in [6.45, 7) is 1.93. The Kier molecular flexibility index (Phi) is 7.93. The van der Waals surface area contributed by atoms with E-state index < -0.39 is 18.4 Å². The van der Waals surface area contributed by atoms with Gasteiger partial charge in [0.15, 0.2) is 11.8 Å². The molecule has 3 rings (SSSR count). The average molecular weight is 499 g/mol. The van der Waals surface area contributed by atoms with Gasteiger partial charge in [-0.1, -0.05) is 11.8 Å². The van der Waals surface area contributed by atoms with Gasteiger partial charge in [0.1, 0.15) is 11.3 Å². The maximum Gasteiger partial charge on any atom is 0.422 e. The molecule has 12 heteroatoms. The largest absolute Gasteiger partial charge is 0.484 e. The lowest BCUT2D eigenvalue weighted by Crippen LogP contribution is -2.38. The Bertz CT molecular complexity index is 1180. The fourth-order valence-electron chi connectivity index (χ4n) is 2.96. The van der Waals surface area contributed by atoms with E-state index in [2.05, 4.69) is 15.3 Å². The van der Waals surface area contributed by atoms with Crippen LogP contribution >= 0.6 is 11.8 Å². The highest BCUT2D eigenvalue weighted by Crippen LogP contribution is 2.24. The molecule has 0 aliphatic rings. The summed E-state index contributed by atoms with van der Waals surface area (Å²) >= 11 is 1.29. The Morgan fingerprint density at radius 3 is 2.59 bits per heavy atom. The van der Waals surface area contributed by atoms with E-state index in [1.165, 1.54) is 40.6 Å². The van der Waals surface area contributed by atoms with Gasteiger partial charge in [-0.05, 0) is 50.6 Å². The van der Waals surface area contributed by atoms with Gasteiger partial charge in [-0.25, -0.2) is 4.98 Å². The van der Waals surface area contributed by atoms with Gasteiger partial charge in [-0.15, -0.1) is 0 Å². The molecule has 8 nitrogen and oxygen atoms in total. The van der Waals surface area contributed by atoms with Crippen molar-refractivity contribution in [3.05, 3.63) is 46.9 Å². The predicted molar refractivity (Wildman–Crippen MR) is 123 cm³/mol. The molecule has 0 bridgehead atoms. The molecular weight excluding hydrogens is 473 g/mol. The molecule has 3 aromatic rings. The number of hydrogen-bond donors (Lipinski definition) is 3. The Balaban J connectivity index is 1.73. The van der Waals surface area contributed by atoms with Crippen LogP contribution in [0.25, 0.3) is 16.7 Å². The van der Waals surface area contributed by atoms with Gasteiger partial charge in [0.2, 0.25) is 5.91 Å². The van der Waals surface area contributed by atoms with Gasteiger partial charge < -0.3 is 20.1 Å². The fraction of sp³-hybridized carbons (Fsp3) is 0.409. The number of hydrogen-bond acceptors (Lipinski definition) is 6. The molecule has 1 amide bonds. The molecule has 0 saturated carbocycles. The SMILES string of the molecule is CC(C)(O)CNC(=O)CCCSc1nc2cc[nH]c2c(=O)n1-c1ccc(OCC(F)(F)F)cc1. The molecule has 0 radical (unpaired) electrons. The number of halogens is 3. The zero-order valence-electron chi connectivity index (χ0n) is 18.6. The molecule has 0 unspecified atom stereocenters. The number of ether oxygens (including phenoxy) is 1. The first-order valence-corrected chi connectivity index (χ1v) is 11.4. The van der Waals surface area contributed by atoms with Crippen LogP contribution in [0.1, 0.15) is 26.7 Å². The van der Waals surface area contributed by atoms with Crippen LogP contribution in [-0.4, -0.2) is 56.2 Å². The lowest BCUT2D eigenvalue weighted by molar-refractivity contribution is -0.153. The molecule has 1 aromatic carbocycles. The second-order valence-electron chi connectivity index (χ2n) is 8.21. The van der Waals surface area contributed by atoms with E-state index in [-0.39, 0.29) is 30.2 Å². The summed E-state index contributed by atoms with van der Waals surface area (Å²) in [6, 6.07) is 7.35. The van der Waals surface area contributed by atoms with Crippen LogP contribution in [-0.2, 0) is 4.79 Å². The number of benzene rings is 1. The molecule has 3 N–H and O–H groups in total. The van der Waals surface area contributed by atoms with Crippen LogP contribution in [0.5, 0.6) is 5.75 Å². The third-order valence-corrected chi connectivity index (χ3v) is 5.57. The van der Waals surface area contributed by atoms with Gasteiger partial charge in [0.05, 0.1) is 16.8 Å². The molecule has 0 saturated heterocycles. The number of aromatic nitrogens is 3. The minimum Gasteiger partial charge on any atom is -0.484 e. The summed E-state index contributed by atoms with van der Waals surface area (Å²) in [5.74, 6) is 0.323. The van der Waals surface area contributed by atoms with E-state index in [4.69, 9.17) is 4.74 Å². The fourth-order valence-corrected chi connectivity index (χ4v) is 3.91. The third kappa shape index (κ3) is 7.26. The highest BCUT2D eigenvalue weighted by Gasteiger charge is 2.28. The van der Waals surface area contributed by atoms with Crippen molar-refractivity contribution in [2.24, 2.45) is 0 Å². The number of thioether (sulfide) groups is 1. The molecular formula is C22H25F3N4O4S. The second-order valence-corrected chi connectivity index (χ2v) is 9.27. The maximum atomic E-state index is 13.1. The first kappa shape index (κ1) is 25.6. The van der Waals surface area contributed by atoms with Gasteiger partial charge >= 0.3 is 6.18 Å².